The van der Waals surface area contributed by atoms with Crippen LogP contribution in [0.5, 0.6) is 0 Å². The summed E-state index contributed by atoms with van der Waals surface area (Å²) < 4.78 is 0. The minimum atomic E-state index is -1.63. The van der Waals surface area contributed by atoms with Crippen LogP contribution in [0.1, 0.15) is 190 Å². The van der Waals surface area contributed by atoms with Gasteiger partial charge in [0.1, 0.15) is 46.8 Å². The predicted octanol–water partition coefficient (Wildman–Crippen LogP) is 4.44. The van der Waals surface area contributed by atoms with E-state index in [9.17, 15) is 47.9 Å². The Kier molecular flexibility index (Phi) is 29.4. The van der Waals surface area contributed by atoms with Crippen LogP contribution < -0.4 is 47.9 Å². The molecule has 0 aromatic carbocycles. The van der Waals surface area contributed by atoms with Crippen molar-refractivity contribution in [3.63, 3.8) is 0 Å². The molecule has 0 spiro atoms. The number of nitrogens with zero attached hydrogens (tertiary/aromatic N) is 2. The van der Waals surface area contributed by atoms with E-state index in [-0.39, 0.29) is 67.8 Å². The Morgan fingerprint density at radius 3 is 1.62 bits per heavy atom. The Balaban J connectivity index is 2.23. The van der Waals surface area contributed by atoms with Crippen LogP contribution in [0.4, 0.5) is 0 Å². The molecule has 1 aromatic heterocycles. The maximum atomic E-state index is 14.3. The molecule has 1 fully saturated rings. The zero-order valence-electron chi connectivity index (χ0n) is 51.1. The van der Waals surface area contributed by atoms with Gasteiger partial charge in [-0.15, -0.1) is 11.3 Å². The second-order valence-corrected chi connectivity index (χ2v) is 25.8. The number of carbonyl (C=O) groups is 10. The summed E-state index contributed by atoms with van der Waals surface area (Å²) in [6.45, 7) is 25.2. The molecule has 2 rings (SSSR count). The van der Waals surface area contributed by atoms with Crippen molar-refractivity contribution in [2.45, 2.75) is 233 Å². The summed E-state index contributed by atoms with van der Waals surface area (Å²) >= 11 is 1.30. The molecule has 10 amide bonds. The fourth-order valence-electron chi connectivity index (χ4n) is 9.33. The number of amides is 10. The summed E-state index contributed by atoms with van der Waals surface area (Å²) in [5.74, 6) is -5.72. The van der Waals surface area contributed by atoms with E-state index in [1.807, 2.05) is 67.5 Å². The molecule has 454 valence electrons. The largest absolute Gasteiger partial charge is 0.354 e. The molecule has 1 aromatic rings. The minimum Gasteiger partial charge on any atom is -0.354 e. The zero-order chi connectivity index (χ0) is 60.7. The zero-order valence-corrected chi connectivity index (χ0v) is 51.9. The van der Waals surface area contributed by atoms with Gasteiger partial charge in [-0.1, -0.05) is 93.1 Å². The molecule has 0 unspecified atom stereocenters. The third-order valence-corrected chi connectivity index (χ3v) is 14.6. The maximum Gasteiger partial charge on any atom is 0.264 e. The summed E-state index contributed by atoms with van der Waals surface area (Å²) in [5, 5.41) is 27.0. The molecule has 1 saturated heterocycles. The lowest BCUT2D eigenvalue weighted by molar-refractivity contribution is -0.139. The molecule has 6 atom stereocenters. The quantitative estimate of drug-likeness (QED) is 0.0429. The molecule has 1 aliphatic heterocycles. The average Bonchev–Trinajstić information content (AvgIpc) is 4.07. The first-order valence-corrected chi connectivity index (χ1v) is 29.8. The smallest absolute Gasteiger partial charge is 0.264 e. The topological polar surface area (TPSA) is 285 Å². The van der Waals surface area contributed by atoms with E-state index in [1.54, 1.807) is 22.4 Å². The molecule has 80 heavy (non-hydrogen) atoms. The Bertz CT molecular complexity index is 2210. The maximum absolute atomic E-state index is 14.3. The van der Waals surface area contributed by atoms with Gasteiger partial charge in [-0.25, -0.2) is 0 Å². The van der Waals surface area contributed by atoms with Crippen LogP contribution >= 0.6 is 11.3 Å². The van der Waals surface area contributed by atoms with E-state index in [1.165, 1.54) is 52.9 Å². The minimum absolute atomic E-state index is 0.0297. The third-order valence-electron chi connectivity index (χ3n) is 13.7. The van der Waals surface area contributed by atoms with Gasteiger partial charge in [-0.2, -0.15) is 0 Å². The van der Waals surface area contributed by atoms with Crippen molar-refractivity contribution in [2.75, 3.05) is 33.7 Å². The van der Waals surface area contributed by atoms with Crippen LogP contribution in [-0.2, 0) is 43.2 Å². The molecule has 9 N–H and O–H groups in total. The number of likely N-dealkylation sites (tertiary alicyclic amines) is 1. The number of likely N-dealkylation sites (N-methyl/N-ethyl adjacent to an activating group) is 1. The van der Waals surface area contributed by atoms with Gasteiger partial charge >= 0.3 is 0 Å². The van der Waals surface area contributed by atoms with E-state index >= 15 is 0 Å². The van der Waals surface area contributed by atoms with Gasteiger partial charge in [0.25, 0.3) is 5.91 Å². The van der Waals surface area contributed by atoms with Crippen molar-refractivity contribution < 1.29 is 47.9 Å². The van der Waals surface area contributed by atoms with Crippen molar-refractivity contribution in [3.05, 3.63) is 22.4 Å². The molecular weight excluding hydrogens is 1040 g/mol. The monoisotopic (exact) mass is 1140 g/mol. The van der Waals surface area contributed by atoms with Crippen molar-refractivity contribution in [1.29, 1.82) is 0 Å². The van der Waals surface area contributed by atoms with Gasteiger partial charge in [0.05, 0.1) is 4.88 Å². The van der Waals surface area contributed by atoms with Gasteiger partial charge in [0.2, 0.25) is 53.2 Å². The van der Waals surface area contributed by atoms with Gasteiger partial charge in [0, 0.05) is 32.1 Å². The van der Waals surface area contributed by atoms with Crippen molar-refractivity contribution >= 4 is 70.4 Å². The lowest BCUT2D eigenvalue weighted by Crippen LogP contribution is -2.65. The number of hydrogen-bond donors (Lipinski definition) is 9. The normalized spacial score (nSPS) is 15.8. The molecule has 0 saturated carbocycles. The molecule has 2 heterocycles. The van der Waals surface area contributed by atoms with Gasteiger partial charge in [-0.05, 0) is 130 Å². The lowest BCUT2D eigenvalue weighted by Gasteiger charge is -2.34. The van der Waals surface area contributed by atoms with Crippen molar-refractivity contribution in [3.8, 4) is 0 Å². The highest BCUT2D eigenvalue weighted by atomic mass is 32.1. The predicted molar refractivity (Wildman–Crippen MR) is 313 cm³/mol. The Morgan fingerprint density at radius 1 is 0.613 bits per heavy atom. The van der Waals surface area contributed by atoms with Crippen LogP contribution in [0.3, 0.4) is 0 Å². The van der Waals surface area contributed by atoms with E-state index in [4.69, 9.17) is 0 Å². The van der Waals surface area contributed by atoms with Crippen LogP contribution in [0.25, 0.3) is 0 Å². The van der Waals surface area contributed by atoms with E-state index in [2.05, 4.69) is 54.8 Å². The lowest BCUT2D eigenvalue weighted by atomic mass is 9.96. The fraction of sp³-hybridized carbons (Fsp3) is 0.759. The summed E-state index contributed by atoms with van der Waals surface area (Å²) in [5.41, 5.74) is -4.65. The van der Waals surface area contributed by atoms with Crippen molar-refractivity contribution in [2.24, 2.45) is 17.8 Å². The number of thiophene rings is 1. The van der Waals surface area contributed by atoms with Crippen LogP contribution in [-0.4, -0.2) is 155 Å². The summed E-state index contributed by atoms with van der Waals surface area (Å²) in [6, 6.07) is -1.79. The second kappa shape index (κ2) is 33.3. The molecule has 21 nitrogen and oxygen atoms in total. The van der Waals surface area contributed by atoms with Gasteiger partial charge in [0.15, 0.2) is 0 Å². The number of rotatable bonds is 35. The van der Waals surface area contributed by atoms with Gasteiger partial charge < -0.3 is 57.7 Å². The molecule has 1 aliphatic rings. The molecule has 0 aliphatic carbocycles. The SMILES string of the molecule is CCCCCCCC[C@H](NC(=O)[C@@H]1CCCN1C(=O)c1cccs1)C(=O)N[C@@H](CC(C)C)C(=O)NC(C)(C)C(=O)N[C@@H](CC(C)C)C(=O)N[C@@H](CC(C)C)C(=O)NC(C)(C)C(=O)NC(C)(C)C(=O)NCCC(=O)N[C@@H](C)CN(C)C. The summed E-state index contributed by atoms with van der Waals surface area (Å²) in [7, 11) is 3.79. The van der Waals surface area contributed by atoms with E-state index < -0.39 is 94.1 Å². The third kappa shape index (κ3) is 24.6. The van der Waals surface area contributed by atoms with Crippen LogP contribution in [0.15, 0.2) is 17.5 Å². The highest BCUT2D eigenvalue weighted by molar-refractivity contribution is 7.12. The standard InChI is InChI=1S/C58H101N11O10S/c1-17-18-19-20-21-22-25-40(61-51(75)44-26-23-30-69(44)52(76)45-27-24-31-80-45)47(71)62-42(33-37(4)5)49(73)65-57(11,12)54(78)64-41(32-36(2)3)48(72)63-43(34-38(6)7)50(74)66-58(13,14)55(79)67-56(9,10)53(77)59-29-28-46(70)60-39(8)35-68(15)16/h24,27,31,36-44H,17-23,25-26,28-30,32-35H2,1-16H3,(H,59,77)(H,60,70)(H,61,75)(H,62,71)(H,63,72)(H,64,78)(H,65,73)(H,66,74)(H,67,79)/t39-,40-,41-,42-,43-,44-/m0/s1. The number of nitrogens with one attached hydrogen (secondary N) is 9. The van der Waals surface area contributed by atoms with Gasteiger partial charge in [-0.3, -0.25) is 47.9 Å². The number of unbranched alkanes of at least 4 members (excludes halogenated alkanes) is 5. The average molecular weight is 1140 g/mol. The Labute approximate surface area is 481 Å². The second-order valence-electron chi connectivity index (χ2n) is 24.8. The number of hydrogen-bond acceptors (Lipinski definition) is 12. The molecule has 22 heteroatoms. The Morgan fingerprint density at radius 2 is 1.11 bits per heavy atom. The van der Waals surface area contributed by atoms with E-state index in [0.29, 0.717) is 43.6 Å². The van der Waals surface area contributed by atoms with Crippen LogP contribution in [0, 0.1) is 17.8 Å². The summed E-state index contributed by atoms with van der Waals surface area (Å²) in [6.07, 6.45) is 7.60. The first kappa shape index (κ1) is 70.5. The molecule has 0 bridgehead atoms. The first-order valence-electron chi connectivity index (χ1n) is 29.0. The number of carbonyl (C=O) groups excluding carboxylic acids is 10. The molecular formula is C58H101N11O10S. The van der Waals surface area contributed by atoms with Crippen molar-refractivity contribution in [1.82, 2.24) is 57.7 Å². The highest BCUT2D eigenvalue weighted by Crippen LogP contribution is 2.23. The highest BCUT2D eigenvalue weighted by Gasteiger charge is 2.41. The molecule has 0 radical (unpaired) electrons. The van der Waals surface area contributed by atoms with E-state index in [0.717, 1.165) is 32.1 Å². The first-order chi connectivity index (χ1) is 37.2. The fourth-order valence-corrected chi connectivity index (χ4v) is 10.0. The Hall–Kier alpha value is -5.64. The summed E-state index contributed by atoms with van der Waals surface area (Å²) in [4.78, 5) is 142. The van der Waals surface area contributed by atoms with Crippen LogP contribution in [0.2, 0.25) is 0 Å².